The van der Waals surface area contributed by atoms with Gasteiger partial charge in [-0.05, 0) is 36.8 Å². The summed E-state index contributed by atoms with van der Waals surface area (Å²) in [5.74, 6) is 0.917. The minimum absolute atomic E-state index is 0.00851. The standard InChI is InChI=1S/C23H22N2O2/c1-17-6-2-4-8-20(17)22(26)11-10-19-16-18-7-3-5-9-21(18)24-23(19)25-12-14-27-15-13-25/h2-11,16H,12-15H2,1H3. The van der Waals surface area contributed by atoms with Crippen LogP contribution in [0.25, 0.3) is 17.0 Å². The minimum atomic E-state index is 0.00851. The summed E-state index contributed by atoms with van der Waals surface area (Å²) in [6.45, 7) is 4.95. The molecule has 4 nitrogen and oxygen atoms in total. The molecule has 1 aromatic heterocycles. The second-order valence-corrected chi connectivity index (χ2v) is 6.71. The Bertz CT molecular complexity index is 1000. The number of hydrogen-bond donors (Lipinski definition) is 0. The molecule has 1 aliphatic rings. The van der Waals surface area contributed by atoms with Crippen molar-refractivity contribution in [2.24, 2.45) is 0 Å². The first-order valence-electron chi connectivity index (χ1n) is 9.23. The lowest BCUT2D eigenvalue weighted by molar-refractivity contribution is 0.104. The average Bonchev–Trinajstić information content (AvgIpc) is 2.72. The number of pyridine rings is 1. The Balaban J connectivity index is 1.72. The van der Waals surface area contributed by atoms with Crippen molar-refractivity contribution >= 4 is 28.6 Å². The van der Waals surface area contributed by atoms with Gasteiger partial charge in [0.1, 0.15) is 5.82 Å². The molecule has 2 aromatic carbocycles. The fraction of sp³-hybridized carbons (Fsp3) is 0.217. The average molecular weight is 358 g/mol. The molecular weight excluding hydrogens is 336 g/mol. The Morgan fingerprint density at radius 3 is 2.63 bits per heavy atom. The highest BCUT2D eigenvalue weighted by Crippen LogP contribution is 2.26. The van der Waals surface area contributed by atoms with Crippen molar-refractivity contribution in [2.45, 2.75) is 6.92 Å². The lowest BCUT2D eigenvalue weighted by Gasteiger charge is -2.29. The molecule has 136 valence electrons. The summed E-state index contributed by atoms with van der Waals surface area (Å²) in [5, 5.41) is 1.07. The molecule has 27 heavy (non-hydrogen) atoms. The van der Waals surface area contributed by atoms with Gasteiger partial charge in [0.25, 0.3) is 0 Å². The van der Waals surface area contributed by atoms with Gasteiger partial charge in [-0.1, -0.05) is 42.5 Å². The predicted molar refractivity (Wildman–Crippen MR) is 109 cm³/mol. The molecule has 0 unspecified atom stereocenters. The molecule has 1 aliphatic heterocycles. The van der Waals surface area contributed by atoms with Gasteiger partial charge in [0.2, 0.25) is 0 Å². The van der Waals surface area contributed by atoms with E-state index in [0.717, 1.165) is 46.5 Å². The number of rotatable bonds is 4. The molecule has 0 spiro atoms. The van der Waals surface area contributed by atoms with Crippen molar-refractivity contribution < 1.29 is 9.53 Å². The topological polar surface area (TPSA) is 42.4 Å². The van der Waals surface area contributed by atoms with Gasteiger partial charge in [0.05, 0.1) is 18.7 Å². The molecule has 2 heterocycles. The summed E-state index contributed by atoms with van der Waals surface area (Å²) in [4.78, 5) is 19.8. The van der Waals surface area contributed by atoms with E-state index in [1.165, 1.54) is 0 Å². The summed E-state index contributed by atoms with van der Waals surface area (Å²) in [5.41, 5.74) is 3.63. The molecule has 0 saturated carbocycles. The molecule has 0 aliphatic carbocycles. The SMILES string of the molecule is Cc1ccccc1C(=O)C=Cc1cc2ccccc2nc1N1CCOCC1. The third kappa shape index (κ3) is 3.76. The van der Waals surface area contributed by atoms with E-state index in [0.29, 0.717) is 13.2 Å². The number of carbonyl (C=O) groups is 1. The van der Waals surface area contributed by atoms with Crippen molar-refractivity contribution in [3.05, 3.63) is 77.4 Å². The highest BCUT2D eigenvalue weighted by atomic mass is 16.5. The zero-order valence-electron chi connectivity index (χ0n) is 15.4. The van der Waals surface area contributed by atoms with Crippen LogP contribution >= 0.6 is 0 Å². The monoisotopic (exact) mass is 358 g/mol. The number of anilines is 1. The van der Waals surface area contributed by atoms with Crippen molar-refractivity contribution in [1.82, 2.24) is 4.98 Å². The van der Waals surface area contributed by atoms with Crippen LogP contribution in [0, 0.1) is 6.92 Å². The number of aryl methyl sites for hydroxylation is 1. The lowest BCUT2D eigenvalue weighted by Crippen LogP contribution is -2.37. The molecule has 0 radical (unpaired) electrons. The molecule has 0 bridgehead atoms. The Morgan fingerprint density at radius 1 is 1.07 bits per heavy atom. The Morgan fingerprint density at radius 2 is 1.81 bits per heavy atom. The van der Waals surface area contributed by atoms with Gasteiger partial charge in [-0.25, -0.2) is 4.98 Å². The number of carbonyl (C=O) groups excluding carboxylic acids is 1. The smallest absolute Gasteiger partial charge is 0.186 e. The van der Waals surface area contributed by atoms with Crippen LogP contribution < -0.4 is 4.90 Å². The van der Waals surface area contributed by atoms with Gasteiger partial charge < -0.3 is 9.64 Å². The third-order valence-corrected chi connectivity index (χ3v) is 4.87. The van der Waals surface area contributed by atoms with Crippen molar-refractivity contribution in [1.29, 1.82) is 0 Å². The van der Waals surface area contributed by atoms with Crippen LogP contribution in [0.3, 0.4) is 0 Å². The van der Waals surface area contributed by atoms with Gasteiger partial charge in [0.15, 0.2) is 5.78 Å². The van der Waals surface area contributed by atoms with Crippen molar-refractivity contribution in [3.63, 3.8) is 0 Å². The third-order valence-electron chi connectivity index (χ3n) is 4.87. The number of morpholine rings is 1. The minimum Gasteiger partial charge on any atom is -0.378 e. The number of allylic oxidation sites excluding steroid dienone is 1. The molecule has 1 saturated heterocycles. The summed E-state index contributed by atoms with van der Waals surface area (Å²) in [6, 6.07) is 17.8. The van der Waals surface area contributed by atoms with E-state index < -0.39 is 0 Å². The largest absolute Gasteiger partial charge is 0.378 e. The number of hydrogen-bond acceptors (Lipinski definition) is 4. The number of para-hydroxylation sites is 1. The number of ether oxygens (including phenoxy) is 1. The zero-order chi connectivity index (χ0) is 18.6. The normalized spacial score (nSPS) is 14.8. The van der Waals surface area contributed by atoms with E-state index in [4.69, 9.17) is 9.72 Å². The maximum atomic E-state index is 12.6. The number of nitrogens with zero attached hydrogens (tertiary/aromatic N) is 2. The predicted octanol–water partition coefficient (Wildman–Crippen LogP) is 4.28. The van der Waals surface area contributed by atoms with Crippen LogP contribution in [0.4, 0.5) is 5.82 Å². The van der Waals surface area contributed by atoms with Crippen LogP contribution in [-0.2, 0) is 4.74 Å². The van der Waals surface area contributed by atoms with Crippen LogP contribution in [0.15, 0.2) is 60.7 Å². The van der Waals surface area contributed by atoms with E-state index in [9.17, 15) is 4.79 Å². The van der Waals surface area contributed by atoms with Crippen LogP contribution in [0.5, 0.6) is 0 Å². The van der Waals surface area contributed by atoms with E-state index in [1.54, 1.807) is 6.08 Å². The first-order valence-corrected chi connectivity index (χ1v) is 9.23. The quantitative estimate of drug-likeness (QED) is 0.516. The van der Waals surface area contributed by atoms with E-state index in [2.05, 4.69) is 11.0 Å². The highest BCUT2D eigenvalue weighted by molar-refractivity contribution is 6.08. The van der Waals surface area contributed by atoms with E-state index >= 15 is 0 Å². The van der Waals surface area contributed by atoms with E-state index in [-0.39, 0.29) is 5.78 Å². The first kappa shape index (κ1) is 17.4. The van der Waals surface area contributed by atoms with Gasteiger partial charge in [-0.15, -0.1) is 0 Å². The lowest BCUT2D eigenvalue weighted by atomic mass is 10.0. The van der Waals surface area contributed by atoms with Crippen molar-refractivity contribution in [2.75, 3.05) is 31.2 Å². The fourth-order valence-electron chi connectivity index (χ4n) is 3.38. The molecule has 0 amide bonds. The van der Waals surface area contributed by atoms with Gasteiger partial charge in [-0.2, -0.15) is 0 Å². The first-order chi connectivity index (χ1) is 13.2. The molecule has 0 N–H and O–H groups in total. The van der Waals surface area contributed by atoms with Gasteiger partial charge in [0, 0.05) is 29.6 Å². The number of fused-ring (bicyclic) bond motifs is 1. The number of benzene rings is 2. The molecule has 0 atom stereocenters. The summed E-state index contributed by atoms with van der Waals surface area (Å²) >= 11 is 0. The second-order valence-electron chi connectivity index (χ2n) is 6.71. The number of ketones is 1. The molecular formula is C23H22N2O2. The van der Waals surface area contributed by atoms with Crippen LogP contribution in [0.2, 0.25) is 0 Å². The Kier molecular flexibility index (Phi) is 4.99. The van der Waals surface area contributed by atoms with Crippen LogP contribution in [0.1, 0.15) is 21.5 Å². The summed E-state index contributed by atoms with van der Waals surface area (Å²) in [7, 11) is 0. The summed E-state index contributed by atoms with van der Waals surface area (Å²) < 4.78 is 5.48. The Labute approximate surface area is 159 Å². The summed E-state index contributed by atoms with van der Waals surface area (Å²) in [6.07, 6.45) is 3.54. The molecule has 3 aromatic rings. The van der Waals surface area contributed by atoms with Gasteiger partial charge >= 0.3 is 0 Å². The van der Waals surface area contributed by atoms with Gasteiger partial charge in [-0.3, -0.25) is 4.79 Å². The maximum Gasteiger partial charge on any atom is 0.186 e. The molecule has 4 rings (SSSR count). The zero-order valence-corrected chi connectivity index (χ0v) is 15.4. The molecule has 1 fully saturated rings. The van der Waals surface area contributed by atoms with Crippen molar-refractivity contribution in [3.8, 4) is 0 Å². The fourth-order valence-corrected chi connectivity index (χ4v) is 3.38. The highest BCUT2D eigenvalue weighted by Gasteiger charge is 2.16. The van der Waals surface area contributed by atoms with E-state index in [1.807, 2.05) is 61.5 Å². The molecule has 4 heteroatoms. The maximum absolute atomic E-state index is 12.6. The van der Waals surface area contributed by atoms with Crippen LogP contribution in [-0.4, -0.2) is 37.1 Å². The number of aromatic nitrogens is 1. The Hall–Kier alpha value is -2.98. The second kappa shape index (κ2) is 7.72.